The first-order valence-electron chi connectivity index (χ1n) is 15.0. The smallest absolute Gasteiger partial charge is 0.0500 e. The summed E-state index contributed by atoms with van der Waals surface area (Å²) in [5, 5.41) is 0. The van der Waals surface area contributed by atoms with Gasteiger partial charge in [-0.3, -0.25) is 0 Å². The second-order valence-electron chi connectivity index (χ2n) is 11.5. The molecule has 0 amide bonds. The van der Waals surface area contributed by atoms with Gasteiger partial charge in [-0.1, -0.05) is 109 Å². The molecule has 4 aromatic rings. The Morgan fingerprint density at radius 3 is 1.58 bits per heavy atom. The molecule has 0 heterocycles. The highest BCUT2D eigenvalue weighted by atomic mass is 15.2. The summed E-state index contributed by atoms with van der Waals surface area (Å²) in [6.45, 7) is 2.14. The monoisotopic (exact) mass is 552 g/mol. The summed E-state index contributed by atoms with van der Waals surface area (Å²) >= 11 is 0. The van der Waals surface area contributed by atoms with Crippen LogP contribution in [0.25, 0.3) is 0 Å². The van der Waals surface area contributed by atoms with Crippen molar-refractivity contribution >= 4 is 22.7 Å². The van der Waals surface area contributed by atoms with E-state index < -0.39 is 0 Å². The Kier molecular flexibility index (Phi) is 6.19. The Hall–Kier alpha value is -5.34. The van der Waals surface area contributed by atoms with Gasteiger partial charge in [0.05, 0.1) is 0 Å². The van der Waals surface area contributed by atoms with Crippen LogP contribution in [0, 0.1) is 18.8 Å². The molecule has 2 atom stereocenters. The summed E-state index contributed by atoms with van der Waals surface area (Å²) in [6, 6.07) is 41.1. The Balaban J connectivity index is 1.28. The summed E-state index contributed by atoms with van der Waals surface area (Å²) in [6.07, 6.45) is 18.7. The van der Waals surface area contributed by atoms with E-state index in [4.69, 9.17) is 0 Å². The van der Waals surface area contributed by atoms with Gasteiger partial charge in [0.2, 0.25) is 0 Å². The van der Waals surface area contributed by atoms with Gasteiger partial charge in [0.25, 0.3) is 0 Å². The molecule has 4 aliphatic carbocycles. The predicted octanol–water partition coefficient (Wildman–Crippen LogP) is 10.3. The second-order valence-corrected chi connectivity index (χ2v) is 11.5. The first kappa shape index (κ1) is 25.4. The van der Waals surface area contributed by atoms with Crippen molar-refractivity contribution in [3.63, 3.8) is 0 Å². The van der Waals surface area contributed by atoms with Gasteiger partial charge in [-0.2, -0.15) is 0 Å². The number of hydrogen-bond acceptors (Lipinski definition) is 2. The van der Waals surface area contributed by atoms with Gasteiger partial charge in [-0.25, -0.2) is 0 Å². The van der Waals surface area contributed by atoms with Crippen LogP contribution in [0.2, 0.25) is 0 Å². The van der Waals surface area contributed by atoms with Gasteiger partial charge in [-0.15, -0.1) is 0 Å². The normalized spacial score (nSPS) is 19.6. The van der Waals surface area contributed by atoms with E-state index in [-0.39, 0.29) is 11.8 Å². The number of benzene rings is 4. The summed E-state index contributed by atoms with van der Waals surface area (Å²) < 4.78 is 0. The standard InChI is InChI=1S/C41H32N2/c1-29-17-23-35(24-18-29)43(34-15-9-4-10-16-34)39-28-22-31-19-25-36-38(27-21-30-20-26-37(39)41(31)40(30)36)42(32-11-5-2-6-12-32)33-13-7-3-8-14-33/h2-28,40-41H,1H3. The van der Waals surface area contributed by atoms with E-state index in [0.717, 1.165) is 17.1 Å². The lowest BCUT2D eigenvalue weighted by Gasteiger charge is -2.45. The number of anilines is 4. The fourth-order valence-corrected chi connectivity index (χ4v) is 6.93. The van der Waals surface area contributed by atoms with Gasteiger partial charge in [0.15, 0.2) is 0 Å². The molecule has 0 spiro atoms. The average molecular weight is 553 g/mol. The fourth-order valence-electron chi connectivity index (χ4n) is 6.93. The SMILES string of the molecule is Cc1ccc(N(C2=CC=C3C=CC4=C(N(c5ccccc5)c5ccccc5)C=CC5=CC=C2C3C54)c2ccccc2)cc1. The zero-order chi connectivity index (χ0) is 28.8. The Labute approximate surface area is 253 Å². The second kappa shape index (κ2) is 10.5. The third-order valence-corrected chi connectivity index (χ3v) is 8.91. The number of hydrogen-bond donors (Lipinski definition) is 0. The molecule has 0 bridgehead atoms. The van der Waals surface area contributed by atoms with Gasteiger partial charge in [0.1, 0.15) is 0 Å². The van der Waals surface area contributed by atoms with Crippen molar-refractivity contribution in [2.75, 3.05) is 9.80 Å². The number of aryl methyl sites for hydroxylation is 1. The molecule has 2 nitrogen and oxygen atoms in total. The van der Waals surface area contributed by atoms with Crippen LogP contribution in [-0.4, -0.2) is 0 Å². The van der Waals surface area contributed by atoms with Crippen molar-refractivity contribution in [1.82, 2.24) is 0 Å². The third kappa shape index (κ3) is 4.35. The molecule has 2 heteroatoms. The van der Waals surface area contributed by atoms with Crippen LogP contribution in [0.15, 0.2) is 198 Å². The molecule has 0 N–H and O–H groups in total. The van der Waals surface area contributed by atoms with Crippen molar-refractivity contribution in [2.24, 2.45) is 11.8 Å². The predicted molar refractivity (Wildman–Crippen MR) is 179 cm³/mol. The summed E-state index contributed by atoms with van der Waals surface area (Å²) in [4.78, 5) is 4.82. The van der Waals surface area contributed by atoms with Crippen LogP contribution < -0.4 is 9.80 Å². The molecule has 0 saturated heterocycles. The van der Waals surface area contributed by atoms with E-state index in [0.29, 0.717) is 0 Å². The van der Waals surface area contributed by atoms with Crippen LogP contribution in [0.3, 0.4) is 0 Å². The molecule has 0 aromatic heterocycles. The quantitative estimate of drug-likeness (QED) is 0.235. The molecule has 4 aromatic carbocycles. The molecule has 0 fully saturated rings. The molecule has 8 rings (SSSR count). The minimum Gasteiger partial charge on any atom is -0.310 e. The minimum atomic E-state index is 0.241. The zero-order valence-electron chi connectivity index (χ0n) is 24.1. The third-order valence-electron chi connectivity index (χ3n) is 8.91. The zero-order valence-corrected chi connectivity index (χ0v) is 24.1. The van der Waals surface area contributed by atoms with E-state index in [1.165, 1.54) is 44.9 Å². The molecule has 0 saturated carbocycles. The Morgan fingerprint density at radius 2 is 0.953 bits per heavy atom. The van der Waals surface area contributed by atoms with E-state index in [1.54, 1.807) is 0 Å². The maximum Gasteiger partial charge on any atom is 0.0500 e. The van der Waals surface area contributed by atoms with Gasteiger partial charge in [0, 0.05) is 46.0 Å². The van der Waals surface area contributed by atoms with Crippen LogP contribution in [0.4, 0.5) is 22.7 Å². The van der Waals surface area contributed by atoms with Gasteiger partial charge in [-0.05, 0) is 89.9 Å². The van der Waals surface area contributed by atoms with Crippen molar-refractivity contribution in [1.29, 1.82) is 0 Å². The van der Waals surface area contributed by atoms with Crippen LogP contribution >= 0.6 is 0 Å². The maximum atomic E-state index is 2.42. The number of para-hydroxylation sites is 3. The average Bonchev–Trinajstić information content (AvgIpc) is 3.07. The van der Waals surface area contributed by atoms with Crippen molar-refractivity contribution in [2.45, 2.75) is 6.92 Å². The molecule has 0 radical (unpaired) electrons. The Bertz CT molecular complexity index is 1860. The molecule has 2 unspecified atom stereocenters. The highest BCUT2D eigenvalue weighted by molar-refractivity contribution is 5.78. The minimum absolute atomic E-state index is 0.241. The van der Waals surface area contributed by atoms with E-state index in [9.17, 15) is 0 Å². The van der Waals surface area contributed by atoms with Gasteiger partial charge >= 0.3 is 0 Å². The lowest BCUT2D eigenvalue weighted by Crippen LogP contribution is -2.35. The first-order valence-corrected chi connectivity index (χ1v) is 15.0. The molecule has 206 valence electrons. The van der Waals surface area contributed by atoms with E-state index in [1.807, 2.05) is 0 Å². The topological polar surface area (TPSA) is 6.48 Å². The molecule has 4 aliphatic rings. The molecule has 0 aliphatic heterocycles. The molecular formula is C41H32N2. The van der Waals surface area contributed by atoms with Crippen LogP contribution in [0.5, 0.6) is 0 Å². The van der Waals surface area contributed by atoms with Crippen molar-refractivity contribution in [3.8, 4) is 0 Å². The van der Waals surface area contributed by atoms with E-state index in [2.05, 4.69) is 181 Å². The largest absolute Gasteiger partial charge is 0.310 e. The lowest BCUT2D eigenvalue weighted by molar-refractivity contribution is 0.551. The van der Waals surface area contributed by atoms with Gasteiger partial charge < -0.3 is 9.80 Å². The highest BCUT2D eigenvalue weighted by Crippen LogP contribution is 2.53. The van der Waals surface area contributed by atoms with E-state index >= 15 is 0 Å². The number of nitrogens with zero attached hydrogens (tertiary/aromatic N) is 2. The summed E-state index contributed by atoms with van der Waals surface area (Å²) in [7, 11) is 0. The number of allylic oxidation sites excluding steroid dienone is 12. The molecular weight excluding hydrogens is 520 g/mol. The van der Waals surface area contributed by atoms with Crippen molar-refractivity contribution < 1.29 is 0 Å². The Morgan fingerprint density at radius 1 is 0.442 bits per heavy atom. The summed E-state index contributed by atoms with van der Waals surface area (Å²) in [5.41, 5.74) is 13.8. The number of rotatable bonds is 6. The van der Waals surface area contributed by atoms with Crippen LogP contribution in [-0.2, 0) is 0 Å². The highest BCUT2D eigenvalue weighted by Gasteiger charge is 2.42. The molecule has 43 heavy (non-hydrogen) atoms. The maximum absolute atomic E-state index is 2.42. The summed E-state index contributed by atoms with van der Waals surface area (Å²) in [5.74, 6) is 0.482. The first-order chi connectivity index (χ1) is 21.3. The van der Waals surface area contributed by atoms with Crippen molar-refractivity contribution in [3.05, 3.63) is 203 Å². The lowest BCUT2D eigenvalue weighted by atomic mass is 9.63. The fraction of sp³-hybridized carbons (Fsp3) is 0.0732. The van der Waals surface area contributed by atoms with Crippen LogP contribution in [0.1, 0.15) is 5.56 Å².